The number of likely N-dealkylation sites (tertiary alicyclic amines) is 1. The van der Waals surface area contributed by atoms with Crippen LogP contribution in [0, 0.1) is 17.8 Å². The van der Waals surface area contributed by atoms with E-state index >= 15 is 0 Å². The number of hydrogen-bond donors (Lipinski definition) is 3. The molecule has 0 aliphatic carbocycles. The Labute approximate surface area is 323 Å². The van der Waals surface area contributed by atoms with Gasteiger partial charge in [0.05, 0.1) is 49.8 Å². The van der Waals surface area contributed by atoms with E-state index in [0.717, 1.165) is 5.56 Å². The Hall–Kier alpha value is -3.59. The van der Waals surface area contributed by atoms with Gasteiger partial charge in [0, 0.05) is 40.3 Å². The molecule has 10 atom stereocenters. The van der Waals surface area contributed by atoms with Gasteiger partial charge in [0.25, 0.3) is 0 Å². The maximum Gasteiger partial charge on any atom is 0.328 e. The summed E-state index contributed by atoms with van der Waals surface area (Å²) in [7, 11) is 9.64. The molecule has 54 heavy (non-hydrogen) atoms. The molecule has 1 aliphatic rings. The molecule has 1 aromatic carbocycles. The Bertz CT molecular complexity index is 1350. The largest absolute Gasteiger partial charge is 0.467 e. The number of nitrogens with one attached hydrogen (secondary N) is 2. The van der Waals surface area contributed by atoms with Gasteiger partial charge in [0.15, 0.2) is 0 Å². The minimum atomic E-state index is -0.993. The first kappa shape index (κ1) is 46.6. The Morgan fingerprint density at radius 2 is 1.56 bits per heavy atom. The van der Waals surface area contributed by atoms with Gasteiger partial charge in [0.1, 0.15) is 12.1 Å². The van der Waals surface area contributed by atoms with E-state index in [-0.39, 0.29) is 48.3 Å². The topological polar surface area (TPSA) is 173 Å². The highest BCUT2D eigenvalue weighted by molar-refractivity contribution is 5.90. The maximum atomic E-state index is 14.2. The van der Waals surface area contributed by atoms with Crippen molar-refractivity contribution in [3.8, 4) is 0 Å². The highest BCUT2D eigenvalue weighted by Gasteiger charge is 2.43. The van der Waals surface area contributed by atoms with Crippen LogP contribution in [0.1, 0.15) is 72.8 Å². The monoisotopic (exact) mass is 761 g/mol. The summed E-state index contributed by atoms with van der Waals surface area (Å²) in [5, 5.41) is 5.76. The molecule has 1 fully saturated rings. The summed E-state index contributed by atoms with van der Waals surface area (Å²) in [6, 6.07) is 5.40. The third kappa shape index (κ3) is 12.2. The molecule has 0 saturated carbocycles. The number of amides is 4. The van der Waals surface area contributed by atoms with Gasteiger partial charge in [-0.1, -0.05) is 71.4 Å². The minimum Gasteiger partial charge on any atom is -0.467 e. The second-order valence-electron chi connectivity index (χ2n) is 15.4. The van der Waals surface area contributed by atoms with Gasteiger partial charge in [-0.05, 0) is 51.3 Å². The molecule has 0 spiro atoms. The SMILES string of the molecule is CCC(C)C(C(CC(=O)N1CCC[C@H]1C(OC)C(C)C(=O)NC(Cc1ccccc1)C(=O)OC)OC)N(C)C(=O)C(NC(=O)C(C(C)C)N(C)C)C(C)N. The van der Waals surface area contributed by atoms with Crippen LogP contribution in [0.15, 0.2) is 30.3 Å². The lowest BCUT2D eigenvalue weighted by atomic mass is 9.89. The molecule has 0 radical (unpaired) electrons. The lowest BCUT2D eigenvalue weighted by Crippen LogP contribution is -2.62. The van der Waals surface area contributed by atoms with Crippen molar-refractivity contribution < 1.29 is 38.2 Å². The second kappa shape index (κ2) is 22.1. The number of methoxy groups -OCH3 is 3. The van der Waals surface area contributed by atoms with Gasteiger partial charge >= 0.3 is 5.97 Å². The predicted octanol–water partition coefficient (Wildman–Crippen LogP) is 2.23. The Kier molecular flexibility index (Phi) is 19.0. The van der Waals surface area contributed by atoms with Crippen molar-refractivity contribution in [1.82, 2.24) is 25.3 Å². The molecule has 14 nitrogen and oxygen atoms in total. The zero-order chi connectivity index (χ0) is 40.9. The number of hydrogen-bond acceptors (Lipinski definition) is 10. The predicted molar refractivity (Wildman–Crippen MR) is 208 cm³/mol. The van der Waals surface area contributed by atoms with E-state index in [9.17, 15) is 24.0 Å². The summed E-state index contributed by atoms with van der Waals surface area (Å²) in [6.45, 7) is 11.8. The first-order chi connectivity index (χ1) is 25.4. The zero-order valence-electron chi connectivity index (χ0n) is 34.7. The van der Waals surface area contributed by atoms with Crippen molar-refractivity contribution >= 4 is 29.6 Å². The first-order valence-electron chi connectivity index (χ1n) is 19.2. The standard InChI is InChI=1S/C40H68N6O8/c1-13-25(4)35(45(9)39(50)33(27(6)41)43-38(49)34(24(2)3)44(7)8)31(52-10)23-32(47)46-21-17-20-30(46)36(53-11)26(5)37(48)42-29(40(51)54-12)22-28-18-15-14-16-19-28/h14-16,18-19,24-27,29-31,33-36H,13,17,20-23,41H2,1-12H3,(H,42,48)(H,43,49)/t25?,26?,27?,29?,30-,31?,33?,34?,35?,36?/m0/s1. The molecule has 1 aliphatic heterocycles. The number of ether oxygens (including phenoxy) is 3. The van der Waals surface area contributed by atoms with Crippen molar-refractivity contribution in [1.29, 1.82) is 0 Å². The van der Waals surface area contributed by atoms with Crippen LogP contribution in [0.4, 0.5) is 0 Å². The number of carbonyl (C=O) groups excluding carboxylic acids is 5. The molecule has 14 heteroatoms. The number of likely N-dealkylation sites (N-methyl/N-ethyl adjacent to an activating group) is 2. The molecular weight excluding hydrogens is 692 g/mol. The molecule has 0 aromatic heterocycles. The number of nitrogens with zero attached hydrogens (tertiary/aromatic N) is 3. The number of esters is 1. The van der Waals surface area contributed by atoms with Crippen LogP contribution in [0.25, 0.3) is 0 Å². The van der Waals surface area contributed by atoms with Gasteiger partial charge in [-0.15, -0.1) is 0 Å². The van der Waals surface area contributed by atoms with Crippen LogP contribution in [-0.4, -0.2) is 142 Å². The van der Waals surface area contributed by atoms with E-state index in [0.29, 0.717) is 25.8 Å². The molecule has 1 saturated heterocycles. The zero-order valence-corrected chi connectivity index (χ0v) is 34.7. The van der Waals surface area contributed by atoms with Crippen molar-refractivity contribution in [2.24, 2.45) is 23.5 Å². The van der Waals surface area contributed by atoms with E-state index < -0.39 is 60.3 Å². The van der Waals surface area contributed by atoms with Crippen molar-refractivity contribution in [3.63, 3.8) is 0 Å². The average Bonchev–Trinajstić information content (AvgIpc) is 3.62. The molecule has 4 amide bonds. The molecular formula is C40H68N6O8. The van der Waals surface area contributed by atoms with E-state index in [4.69, 9.17) is 19.9 Å². The Morgan fingerprint density at radius 3 is 2.06 bits per heavy atom. The van der Waals surface area contributed by atoms with Crippen molar-refractivity contribution in [3.05, 3.63) is 35.9 Å². The van der Waals surface area contributed by atoms with Crippen LogP contribution in [0.3, 0.4) is 0 Å². The highest BCUT2D eigenvalue weighted by atomic mass is 16.5. The summed E-state index contributed by atoms with van der Waals surface area (Å²) >= 11 is 0. The van der Waals surface area contributed by atoms with E-state index in [1.54, 1.807) is 30.7 Å². The fourth-order valence-electron chi connectivity index (χ4n) is 7.80. The first-order valence-corrected chi connectivity index (χ1v) is 19.2. The number of benzene rings is 1. The summed E-state index contributed by atoms with van der Waals surface area (Å²) in [5.41, 5.74) is 7.18. The van der Waals surface area contributed by atoms with Crippen LogP contribution in [0.2, 0.25) is 0 Å². The van der Waals surface area contributed by atoms with Crippen LogP contribution >= 0.6 is 0 Å². The fourth-order valence-corrected chi connectivity index (χ4v) is 7.80. The average molecular weight is 761 g/mol. The third-order valence-electron chi connectivity index (χ3n) is 10.9. The lowest BCUT2D eigenvalue weighted by molar-refractivity contribution is -0.148. The van der Waals surface area contributed by atoms with Crippen LogP contribution < -0.4 is 16.4 Å². The minimum absolute atomic E-state index is 0.000728. The number of carbonyl (C=O) groups is 5. The third-order valence-corrected chi connectivity index (χ3v) is 10.9. The molecule has 0 bridgehead atoms. The van der Waals surface area contributed by atoms with E-state index in [2.05, 4.69) is 10.6 Å². The summed E-state index contributed by atoms with van der Waals surface area (Å²) in [5.74, 6) is -2.57. The quantitative estimate of drug-likeness (QED) is 0.158. The van der Waals surface area contributed by atoms with Crippen molar-refractivity contribution in [2.45, 2.75) is 122 Å². The van der Waals surface area contributed by atoms with Gasteiger partial charge in [0.2, 0.25) is 23.6 Å². The number of rotatable bonds is 21. The Balaban J connectivity index is 2.29. The molecule has 9 unspecified atom stereocenters. The van der Waals surface area contributed by atoms with Gasteiger partial charge in [-0.2, -0.15) is 0 Å². The number of nitrogens with two attached hydrogens (primary N) is 1. The molecule has 2 rings (SSSR count). The van der Waals surface area contributed by atoms with Crippen molar-refractivity contribution in [2.75, 3.05) is 49.0 Å². The van der Waals surface area contributed by atoms with Gasteiger partial charge in [-0.3, -0.25) is 24.1 Å². The van der Waals surface area contributed by atoms with Crippen LogP contribution in [0.5, 0.6) is 0 Å². The van der Waals surface area contributed by atoms with E-state index in [1.807, 2.05) is 77.0 Å². The Morgan fingerprint density at radius 1 is 0.926 bits per heavy atom. The smallest absolute Gasteiger partial charge is 0.328 e. The van der Waals surface area contributed by atoms with Crippen LogP contribution in [-0.2, 0) is 44.6 Å². The normalized spacial score (nSPS) is 19.5. The fraction of sp³-hybridized carbons (Fsp3) is 0.725. The van der Waals surface area contributed by atoms with Gasteiger partial charge < -0.3 is 40.4 Å². The summed E-state index contributed by atoms with van der Waals surface area (Å²) < 4.78 is 16.9. The molecule has 1 aromatic rings. The molecule has 1 heterocycles. The summed E-state index contributed by atoms with van der Waals surface area (Å²) in [6.07, 6.45) is 0.931. The highest BCUT2D eigenvalue weighted by Crippen LogP contribution is 2.29. The second-order valence-corrected chi connectivity index (χ2v) is 15.4. The van der Waals surface area contributed by atoms with Gasteiger partial charge in [-0.25, -0.2) is 4.79 Å². The van der Waals surface area contributed by atoms with E-state index in [1.165, 1.54) is 21.3 Å². The summed E-state index contributed by atoms with van der Waals surface area (Å²) in [4.78, 5) is 73.1. The lowest BCUT2D eigenvalue weighted by Gasteiger charge is -2.41. The molecule has 306 valence electrons. The molecule has 4 N–H and O–H groups in total. The maximum absolute atomic E-state index is 14.2.